The van der Waals surface area contributed by atoms with E-state index in [4.69, 9.17) is 0 Å². The zero-order chi connectivity index (χ0) is 25.0. The normalized spacial score (nSPS) is 12.6. The number of aliphatic hydroxyl groups is 1. The molecular weight excluding hydrogens is 414 g/mol. The van der Waals surface area contributed by atoms with Crippen LogP contribution in [0.1, 0.15) is 188 Å². The van der Waals surface area contributed by atoms with Crippen molar-refractivity contribution in [2.75, 3.05) is 13.1 Å². The topological polar surface area (TPSA) is 23.5 Å². The molecule has 0 aliphatic carbocycles. The summed E-state index contributed by atoms with van der Waals surface area (Å²) in [7, 11) is 0. The van der Waals surface area contributed by atoms with Gasteiger partial charge in [-0.2, -0.15) is 0 Å². The molecular formula is C32H67NO. The highest BCUT2D eigenvalue weighted by atomic mass is 16.3. The fourth-order valence-corrected chi connectivity index (χ4v) is 5.15. The molecule has 0 aromatic carbocycles. The molecule has 0 spiro atoms. The standard InChI is InChI=1S/C32H67NO/c1-4-6-8-10-12-14-16-18-20-22-24-26-28-30-33(32(3)34)31-29-27-25-23-21-19-17-15-13-11-9-7-5-2/h32,34H,4-31H2,1-3H3. The maximum Gasteiger partial charge on any atom is 0.104 e. The molecule has 0 rings (SSSR count). The Morgan fingerprint density at radius 3 is 0.794 bits per heavy atom. The van der Waals surface area contributed by atoms with Gasteiger partial charge in [0, 0.05) is 13.1 Å². The highest BCUT2D eigenvalue weighted by molar-refractivity contribution is 4.60. The van der Waals surface area contributed by atoms with Crippen LogP contribution in [0.5, 0.6) is 0 Å². The lowest BCUT2D eigenvalue weighted by Gasteiger charge is -2.25. The second kappa shape index (κ2) is 29.2. The fraction of sp³-hybridized carbons (Fsp3) is 1.00. The molecule has 0 aliphatic heterocycles. The molecule has 34 heavy (non-hydrogen) atoms. The number of aliphatic hydroxyl groups excluding tert-OH is 1. The fourth-order valence-electron chi connectivity index (χ4n) is 5.15. The average molecular weight is 482 g/mol. The minimum atomic E-state index is -0.283. The minimum Gasteiger partial charge on any atom is -0.379 e. The lowest BCUT2D eigenvalue weighted by Crippen LogP contribution is -2.34. The molecule has 0 heterocycles. The molecule has 0 bridgehead atoms. The Morgan fingerprint density at radius 2 is 0.588 bits per heavy atom. The van der Waals surface area contributed by atoms with Gasteiger partial charge >= 0.3 is 0 Å². The molecule has 0 aromatic rings. The maximum atomic E-state index is 10.1. The SMILES string of the molecule is CCCCCCCCCCCCCCCN(CCCCCCCCCCCCCCC)C(C)O. The van der Waals surface area contributed by atoms with E-state index in [1.165, 1.54) is 167 Å². The summed E-state index contributed by atoms with van der Waals surface area (Å²) in [6, 6.07) is 0. The molecule has 0 fully saturated rings. The quantitative estimate of drug-likeness (QED) is 0.0848. The van der Waals surface area contributed by atoms with Crippen molar-refractivity contribution >= 4 is 0 Å². The Balaban J connectivity index is 3.40. The van der Waals surface area contributed by atoms with E-state index in [1.807, 2.05) is 6.92 Å². The van der Waals surface area contributed by atoms with Crippen LogP contribution in [0.15, 0.2) is 0 Å². The van der Waals surface area contributed by atoms with Gasteiger partial charge in [0.1, 0.15) is 6.23 Å². The Kier molecular flexibility index (Phi) is 29.1. The van der Waals surface area contributed by atoms with Gasteiger partial charge in [-0.25, -0.2) is 0 Å². The predicted molar refractivity (Wildman–Crippen MR) is 155 cm³/mol. The van der Waals surface area contributed by atoms with Crippen LogP contribution in [0.2, 0.25) is 0 Å². The molecule has 0 saturated heterocycles. The van der Waals surface area contributed by atoms with E-state index in [1.54, 1.807) is 0 Å². The number of hydrogen-bond acceptors (Lipinski definition) is 2. The predicted octanol–water partition coefficient (Wildman–Crippen LogP) is 10.8. The van der Waals surface area contributed by atoms with E-state index in [0.29, 0.717) is 0 Å². The molecule has 1 atom stereocenters. The lowest BCUT2D eigenvalue weighted by molar-refractivity contribution is 0.0163. The Hall–Kier alpha value is -0.0800. The third-order valence-corrected chi connectivity index (χ3v) is 7.63. The van der Waals surface area contributed by atoms with Crippen molar-refractivity contribution in [3.8, 4) is 0 Å². The minimum absolute atomic E-state index is 0.283. The third-order valence-electron chi connectivity index (χ3n) is 7.63. The van der Waals surface area contributed by atoms with Crippen molar-refractivity contribution in [2.24, 2.45) is 0 Å². The van der Waals surface area contributed by atoms with Crippen LogP contribution >= 0.6 is 0 Å². The second-order valence-corrected chi connectivity index (χ2v) is 11.2. The van der Waals surface area contributed by atoms with Gasteiger partial charge in [0.25, 0.3) is 0 Å². The van der Waals surface area contributed by atoms with E-state index in [0.717, 1.165) is 13.1 Å². The highest BCUT2D eigenvalue weighted by Gasteiger charge is 2.09. The smallest absolute Gasteiger partial charge is 0.104 e. The van der Waals surface area contributed by atoms with E-state index in [9.17, 15) is 5.11 Å². The summed E-state index contributed by atoms with van der Waals surface area (Å²) in [4.78, 5) is 2.30. The second-order valence-electron chi connectivity index (χ2n) is 11.2. The number of unbranched alkanes of at least 4 members (excludes halogenated alkanes) is 24. The zero-order valence-corrected chi connectivity index (χ0v) is 24.3. The van der Waals surface area contributed by atoms with Crippen molar-refractivity contribution in [3.05, 3.63) is 0 Å². The average Bonchev–Trinajstić information content (AvgIpc) is 2.83. The molecule has 0 aromatic heterocycles. The van der Waals surface area contributed by atoms with Gasteiger partial charge in [-0.1, -0.05) is 168 Å². The molecule has 206 valence electrons. The third kappa shape index (κ3) is 26.5. The first-order valence-corrected chi connectivity index (χ1v) is 16.1. The summed E-state index contributed by atoms with van der Waals surface area (Å²) in [5, 5.41) is 10.1. The van der Waals surface area contributed by atoms with Crippen molar-refractivity contribution in [3.63, 3.8) is 0 Å². The summed E-state index contributed by atoms with van der Waals surface area (Å²) in [6.07, 6.45) is 36.2. The van der Waals surface area contributed by atoms with Crippen LogP contribution in [0.4, 0.5) is 0 Å². The highest BCUT2D eigenvalue weighted by Crippen LogP contribution is 2.15. The van der Waals surface area contributed by atoms with Gasteiger partial charge in [0.05, 0.1) is 0 Å². The summed E-state index contributed by atoms with van der Waals surface area (Å²) < 4.78 is 0. The maximum absolute atomic E-state index is 10.1. The molecule has 0 saturated carbocycles. The van der Waals surface area contributed by atoms with Crippen LogP contribution in [0.3, 0.4) is 0 Å². The Morgan fingerprint density at radius 1 is 0.382 bits per heavy atom. The first-order chi connectivity index (χ1) is 16.7. The van der Waals surface area contributed by atoms with Gasteiger partial charge in [0.2, 0.25) is 0 Å². The van der Waals surface area contributed by atoms with E-state index in [-0.39, 0.29) is 6.23 Å². The molecule has 0 aliphatic rings. The van der Waals surface area contributed by atoms with E-state index < -0.39 is 0 Å². The Bertz CT molecular complexity index is 327. The van der Waals surface area contributed by atoms with Gasteiger partial charge in [-0.3, -0.25) is 4.90 Å². The van der Waals surface area contributed by atoms with Crippen molar-refractivity contribution in [1.82, 2.24) is 4.90 Å². The first-order valence-electron chi connectivity index (χ1n) is 16.1. The van der Waals surface area contributed by atoms with Crippen LogP contribution in [-0.4, -0.2) is 29.3 Å². The van der Waals surface area contributed by atoms with Crippen LogP contribution in [0, 0.1) is 0 Å². The van der Waals surface area contributed by atoms with Gasteiger partial charge in [0.15, 0.2) is 0 Å². The van der Waals surface area contributed by atoms with Crippen molar-refractivity contribution in [1.29, 1.82) is 0 Å². The number of hydrogen-bond donors (Lipinski definition) is 1. The van der Waals surface area contributed by atoms with Crippen LogP contribution in [-0.2, 0) is 0 Å². The monoisotopic (exact) mass is 482 g/mol. The molecule has 1 unspecified atom stereocenters. The molecule has 0 radical (unpaired) electrons. The summed E-state index contributed by atoms with van der Waals surface area (Å²) in [6.45, 7) is 8.69. The van der Waals surface area contributed by atoms with Crippen LogP contribution < -0.4 is 0 Å². The molecule has 2 nitrogen and oxygen atoms in total. The van der Waals surface area contributed by atoms with Gasteiger partial charge < -0.3 is 5.11 Å². The molecule has 0 amide bonds. The lowest BCUT2D eigenvalue weighted by atomic mass is 10.0. The Labute approximate surface area is 217 Å². The molecule has 2 heteroatoms. The summed E-state index contributed by atoms with van der Waals surface area (Å²) in [5.74, 6) is 0. The number of rotatable bonds is 29. The summed E-state index contributed by atoms with van der Waals surface area (Å²) >= 11 is 0. The van der Waals surface area contributed by atoms with Crippen LogP contribution in [0.25, 0.3) is 0 Å². The van der Waals surface area contributed by atoms with Crippen molar-refractivity contribution in [2.45, 2.75) is 194 Å². The number of nitrogens with zero attached hydrogens (tertiary/aromatic N) is 1. The molecule has 1 N–H and O–H groups in total. The van der Waals surface area contributed by atoms with E-state index in [2.05, 4.69) is 18.7 Å². The zero-order valence-electron chi connectivity index (χ0n) is 24.3. The van der Waals surface area contributed by atoms with Crippen molar-refractivity contribution < 1.29 is 5.11 Å². The van der Waals surface area contributed by atoms with Gasteiger partial charge in [-0.15, -0.1) is 0 Å². The van der Waals surface area contributed by atoms with Gasteiger partial charge in [-0.05, 0) is 19.8 Å². The largest absolute Gasteiger partial charge is 0.379 e. The first kappa shape index (κ1) is 33.9. The van der Waals surface area contributed by atoms with E-state index >= 15 is 0 Å². The summed E-state index contributed by atoms with van der Waals surface area (Å²) in [5.41, 5.74) is 0.